The zero-order valence-electron chi connectivity index (χ0n) is 5.56. The Morgan fingerprint density at radius 1 is 1.67 bits per heavy atom. The molecular formula is C6H14N2S. The fourth-order valence-electron chi connectivity index (χ4n) is 0.472. The first-order valence-corrected chi connectivity index (χ1v) is 3.67. The van der Waals surface area contributed by atoms with Crippen molar-refractivity contribution in [2.45, 2.75) is 6.42 Å². The van der Waals surface area contributed by atoms with Crippen LogP contribution in [0.4, 0.5) is 0 Å². The number of thiol groups is 1. The van der Waals surface area contributed by atoms with Crippen molar-refractivity contribution in [1.29, 1.82) is 0 Å². The topological polar surface area (TPSA) is 38.0 Å². The van der Waals surface area contributed by atoms with Gasteiger partial charge in [0, 0.05) is 18.8 Å². The van der Waals surface area contributed by atoms with E-state index in [-0.39, 0.29) is 0 Å². The van der Waals surface area contributed by atoms with Gasteiger partial charge in [-0.1, -0.05) is 6.58 Å². The molecule has 0 amide bonds. The van der Waals surface area contributed by atoms with Gasteiger partial charge in [0.1, 0.15) is 0 Å². The molecule has 54 valence electrons. The second-order valence-corrected chi connectivity index (χ2v) is 2.24. The Morgan fingerprint density at radius 3 is 2.78 bits per heavy atom. The summed E-state index contributed by atoms with van der Waals surface area (Å²) in [5.74, 6) is 0.844. The Morgan fingerprint density at radius 2 is 2.33 bits per heavy atom. The van der Waals surface area contributed by atoms with Crippen molar-refractivity contribution in [3.63, 3.8) is 0 Å². The molecule has 0 heterocycles. The Bertz CT molecular complexity index is 83.1. The first-order chi connectivity index (χ1) is 4.31. The van der Waals surface area contributed by atoms with Gasteiger partial charge < -0.3 is 11.1 Å². The molecule has 0 saturated heterocycles. The van der Waals surface area contributed by atoms with Crippen LogP contribution in [0.5, 0.6) is 0 Å². The summed E-state index contributed by atoms with van der Waals surface area (Å²) in [6, 6.07) is 0. The highest BCUT2D eigenvalue weighted by atomic mass is 32.1. The van der Waals surface area contributed by atoms with Crippen LogP contribution in [0.1, 0.15) is 6.42 Å². The summed E-state index contributed by atoms with van der Waals surface area (Å²) in [6.45, 7) is 5.24. The average molecular weight is 146 g/mol. The van der Waals surface area contributed by atoms with Crippen molar-refractivity contribution in [1.82, 2.24) is 5.32 Å². The molecule has 0 radical (unpaired) electrons. The van der Waals surface area contributed by atoms with Gasteiger partial charge in [-0.2, -0.15) is 12.6 Å². The lowest BCUT2D eigenvalue weighted by atomic mass is 10.4. The summed E-state index contributed by atoms with van der Waals surface area (Å²) in [5, 5.41) is 3.06. The molecule has 3 heteroatoms. The lowest BCUT2D eigenvalue weighted by molar-refractivity contribution is 0.772. The smallest absolute Gasteiger partial charge is 0.0266 e. The molecule has 0 aromatic carbocycles. The standard InChI is InChI=1S/C6H14N2S/c1-6(2-5-9)8-4-3-7/h8-9H,1-5,7H2. The summed E-state index contributed by atoms with van der Waals surface area (Å²) in [4.78, 5) is 0. The van der Waals surface area contributed by atoms with Crippen LogP contribution in [0, 0.1) is 0 Å². The lowest BCUT2D eigenvalue weighted by Gasteiger charge is -2.04. The maximum Gasteiger partial charge on any atom is 0.0266 e. The summed E-state index contributed by atoms with van der Waals surface area (Å²) in [7, 11) is 0. The van der Waals surface area contributed by atoms with Crippen molar-refractivity contribution in [3.8, 4) is 0 Å². The monoisotopic (exact) mass is 146 g/mol. The van der Waals surface area contributed by atoms with Gasteiger partial charge in [-0.15, -0.1) is 0 Å². The largest absolute Gasteiger partial charge is 0.388 e. The third kappa shape index (κ3) is 5.73. The van der Waals surface area contributed by atoms with Crippen LogP contribution in [0.25, 0.3) is 0 Å². The zero-order chi connectivity index (χ0) is 7.11. The Balaban J connectivity index is 3.06. The van der Waals surface area contributed by atoms with Crippen molar-refractivity contribution in [2.75, 3.05) is 18.8 Å². The Labute approximate surface area is 61.9 Å². The van der Waals surface area contributed by atoms with Gasteiger partial charge in [-0.3, -0.25) is 0 Å². The van der Waals surface area contributed by atoms with E-state index in [1.54, 1.807) is 0 Å². The minimum absolute atomic E-state index is 0.658. The van der Waals surface area contributed by atoms with E-state index in [9.17, 15) is 0 Å². The number of allylic oxidation sites excluding steroid dienone is 1. The third-order valence-corrected chi connectivity index (χ3v) is 1.16. The minimum atomic E-state index is 0.658. The van der Waals surface area contributed by atoms with Crippen LogP contribution >= 0.6 is 12.6 Å². The molecule has 0 bridgehead atoms. The average Bonchev–Trinajstić information content (AvgIpc) is 1.85. The SMILES string of the molecule is C=C(CCS)NCCN. The van der Waals surface area contributed by atoms with Gasteiger partial charge in [0.15, 0.2) is 0 Å². The summed E-state index contributed by atoms with van der Waals surface area (Å²) in [6.07, 6.45) is 0.920. The normalized spacial score (nSPS) is 9.11. The summed E-state index contributed by atoms with van der Waals surface area (Å²) >= 11 is 4.05. The number of rotatable bonds is 5. The molecule has 0 fully saturated rings. The molecule has 2 nitrogen and oxygen atoms in total. The van der Waals surface area contributed by atoms with Crippen molar-refractivity contribution in [2.24, 2.45) is 5.73 Å². The molecule has 0 aliphatic rings. The molecule has 0 rings (SSSR count). The minimum Gasteiger partial charge on any atom is -0.388 e. The van der Waals surface area contributed by atoms with E-state index in [1.165, 1.54) is 0 Å². The predicted octanol–water partition coefficient (Wildman–Crippen LogP) is 0.368. The number of nitrogens with one attached hydrogen (secondary N) is 1. The van der Waals surface area contributed by atoms with Crippen molar-refractivity contribution < 1.29 is 0 Å². The molecule has 0 aliphatic heterocycles. The van der Waals surface area contributed by atoms with Gasteiger partial charge in [0.05, 0.1) is 0 Å². The molecule has 0 aliphatic carbocycles. The maximum atomic E-state index is 5.25. The van der Waals surface area contributed by atoms with Gasteiger partial charge >= 0.3 is 0 Å². The molecule has 0 aromatic rings. The quantitative estimate of drug-likeness (QED) is 0.490. The molecule has 0 saturated carbocycles. The zero-order valence-corrected chi connectivity index (χ0v) is 6.45. The van der Waals surface area contributed by atoms with Gasteiger partial charge in [-0.25, -0.2) is 0 Å². The van der Waals surface area contributed by atoms with E-state index in [2.05, 4.69) is 24.5 Å². The van der Waals surface area contributed by atoms with E-state index in [0.717, 1.165) is 24.4 Å². The highest BCUT2D eigenvalue weighted by molar-refractivity contribution is 7.80. The van der Waals surface area contributed by atoms with Crippen LogP contribution in [-0.2, 0) is 0 Å². The molecule has 0 atom stereocenters. The van der Waals surface area contributed by atoms with Crippen LogP contribution in [0.2, 0.25) is 0 Å². The number of nitrogens with two attached hydrogens (primary N) is 1. The maximum absolute atomic E-state index is 5.25. The summed E-state index contributed by atoms with van der Waals surface area (Å²) in [5.41, 5.74) is 6.27. The second-order valence-electron chi connectivity index (χ2n) is 1.79. The number of hydrogen-bond acceptors (Lipinski definition) is 3. The van der Waals surface area contributed by atoms with Crippen molar-refractivity contribution >= 4 is 12.6 Å². The molecule has 0 aromatic heterocycles. The second kappa shape index (κ2) is 5.98. The highest BCUT2D eigenvalue weighted by Crippen LogP contribution is 1.92. The first-order valence-electron chi connectivity index (χ1n) is 3.04. The summed E-state index contributed by atoms with van der Waals surface area (Å²) < 4.78 is 0. The fourth-order valence-corrected chi connectivity index (χ4v) is 0.742. The molecular weight excluding hydrogens is 132 g/mol. The highest BCUT2D eigenvalue weighted by Gasteiger charge is 1.87. The van der Waals surface area contributed by atoms with E-state index in [0.29, 0.717) is 6.54 Å². The Hall–Kier alpha value is -0.150. The van der Waals surface area contributed by atoms with E-state index in [1.807, 2.05) is 0 Å². The van der Waals surface area contributed by atoms with Crippen LogP contribution in [-0.4, -0.2) is 18.8 Å². The molecule has 9 heavy (non-hydrogen) atoms. The molecule has 0 spiro atoms. The van der Waals surface area contributed by atoms with Crippen molar-refractivity contribution in [3.05, 3.63) is 12.3 Å². The fraction of sp³-hybridized carbons (Fsp3) is 0.667. The van der Waals surface area contributed by atoms with Gasteiger partial charge in [-0.05, 0) is 12.2 Å². The van der Waals surface area contributed by atoms with Gasteiger partial charge in [0.2, 0.25) is 0 Å². The third-order valence-electron chi connectivity index (χ3n) is 0.933. The Kier molecular flexibility index (Phi) is 5.88. The van der Waals surface area contributed by atoms with Crippen LogP contribution in [0.3, 0.4) is 0 Å². The molecule has 0 unspecified atom stereocenters. The van der Waals surface area contributed by atoms with E-state index in [4.69, 9.17) is 5.73 Å². The molecule has 3 N–H and O–H groups in total. The lowest BCUT2D eigenvalue weighted by Crippen LogP contribution is -2.21. The van der Waals surface area contributed by atoms with E-state index < -0.39 is 0 Å². The van der Waals surface area contributed by atoms with E-state index >= 15 is 0 Å². The van der Waals surface area contributed by atoms with Crippen LogP contribution < -0.4 is 11.1 Å². The number of hydrogen-bond donors (Lipinski definition) is 3. The first kappa shape index (κ1) is 8.85. The van der Waals surface area contributed by atoms with Crippen LogP contribution in [0.15, 0.2) is 12.3 Å². The van der Waals surface area contributed by atoms with Gasteiger partial charge in [0.25, 0.3) is 0 Å². The predicted molar refractivity (Wildman–Crippen MR) is 44.7 cm³/mol.